The standard InChI is InChI=1S/C18H15Cl2N3O3S/c19-13-7-8-15(14(20)10-13)26-11-17(25)22-23-18(27)21-16(24)9-6-12-4-2-1-3-5-12/h1-10H,11H2,(H,22,25)(H2,21,23,24,27)/b9-6+. The third-order valence-electron chi connectivity index (χ3n) is 3.03. The number of hydrogen-bond acceptors (Lipinski definition) is 4. The first kappa shape index (κ1) is 20.7. The van der Waals surface area contributed by atoms with Gasteiger partial charge >= 0.3 is 0 Å². The number of hydrogen-bond donors (Lipinski definition) is 3. The minimum atomic E-state index is -0.516. The van der Waals surface area contributed by atoms with Crippen LogP contribution in [0.5, 0.6) is 5.75 Å². The number of hydrazine groups is 1. The number of rotatable bonds is 5. The summed E-state index contributed by atoms with van der Waals surface area (Å²) in [5.74, 6) is -0.634. The molecule has 0 heterocycles. The van der Waals surface area contributed by atoms with Gasteiger partial charge < -0.3 is 4.74 Å². The van der Waals surface area contributed by atoms with E-state index in [1.807, 2.05) is 30.3 Å². The highest BCUT2D eigenvalue weighted by Gasteiger charge is 2.07. The molecule has 0 bridgehead atoms. The summed E-state index contributed by atoms with van der Waals surface area (Å²) >= 11 is 16.6. The van der Waals surface area contributed by atoms with Gasteiger partial charge in [0.15, 0.2) is 11.7 Å². The smallest absolute Gasteiger partial charge is 0.276 e. The van der Waals surface area contributed by atoms with Gasteiger partial charge in [0.25, 0.3) is 5.91 Å². The summed E-state index contributed by atoms with van der Waals surface area (Å²) in [5.41, 5.74) is 5.58. The molecule has 0 aromatic heterocycles. The second-order valence-corrected chi connectivity index (χ2v) is 6.35. The summed E-state index contributed by atoms with van der Waals surface area (Å²) in [6, 6.07) is 14.0. The third kappa shape index (κ3) is 7.65. The van der Waals surface area contributed by atoms with Crippen molar-refractivity contribution < 1.29 is 14.3 Å². The van der Waals surface area contributed by atoms with Gasteiger partial charge in [-0.25, -0.2) is 0 Å². The molecule has 0 aliphatic rings. The lowest BCUT2D eigenvalue weighted by atomic mass is 10.2. The molecular formula is C18H15Cl2N3O3S. The number of thiocarbonyl (C=S) groups is 1. The highest BCUT2D eigenvalue weighted by atomic mass is 35.5. The second-order valence-electron chi connectivity index (χ2n) is 5.10. The lowest BCUT2D eigenvalue weighted by molar-refractivity contribution is -0.123. The van der Waals surface area contributed by atoms with E-state index in [4.69, 9.17) is 40.2 Å². The van der Waals surface area contributed by atoms with E-state index in [9.17, 15) is 9.59 Å². The molecule has 0 unspecified atom stereocenters. The van der Waals surface area contributed by atoms with Crippen LogP contribution in [0.2, 0.25) is 10.0 Å². The highest BCUT2D eigenvalue weighted by Crippen LogP contribution is 2.27. The van der Waals surface area contributed by atoms with Crippen molar-refractivity contribution in [2.75, 3.05) is 6.61 Å². The van der Waals surface area contributed by atoms with Crippen LogP contribution in [0, 0.1) is 0 Å². The van der Waals surface area contributed by atoms with Gasteiger partial charge in [-0.15, -0.1) is 0 Å². The molecule has 0 saturated carbocycles. The SMILES string of the molecule is O=C(/C=C/c1ccccc1)NC(=S)NNC(=O)COc1ccc(Cl)cc1Cl. The van der Waals surface area contributed by atoms with Crippen molar-refractivity contribution in [3.8, 4) is 5.75 Å². The van der Waals surface area contributed by atoms with Crippen LogP contribution in [0.1, 0.15) is 5.56 Å². The van der Waals surface area contributed by atoms with Crippen LogP contribution in [0.25, 0.3) is 6.08 Å². The Morgan fingerprint density at radius 2 is 1.81 bits per heavy atom. The zero-order valence-corrected chi connectivity index (χ0v) is 16.2. The van der Waals surface area contributed by atoms with Crippen molar-refractivity contribution >= 4 is 58.4 Å². The average molecular weight is 424 g/mol. The van der Waals surface area contributed by atoms with Crippen LogP contribution in [-0.4, -0.2) is 23.5 Å². The maximum absolute atomic E-state index is 11.8. The number of amides is 2. The fraction of sp³-hybridized carbons (Fsp3) is 0.0556. The zero-order chi connectivity index (χ0) is 19.6. The maximum Gasteiger partial charge on any atom is 0.276 e. The molecule has 0 saturated heterocycles. The van der Waals surface area contributed by atoms with Crippen molar-refractivity contribution in [3.05, 3.63) is 70.2 Å². The van der Waals surface area contributed by atoms with E-state index in [0.717, 1.165) is 5.56 Å². The molecule has 0 aliphatic heterocycles. The fourth-order valence-corrected chi connectivity index (χ4v) is 2.43. The van der Waals surface area contributed by atoms with Crippen molar-refractivity contribution in [2.24, 2.45) is 0 Å². The van der Waals surface area contributed by atoms with Crippen LogP contribution in [0.3, 0.4) is 0 Å². The van der Waals surface area contributed by atoms with Gasteiger partial charge in [-0.05, 0) is 42.1 Å². The molecule has 0 aliphatic carbocycles. The molecular weight excluding hydrogens is 409 g/mol. The first-order chi connectivity index (χ1) is 12.9. The number of halogens is 2. The number of ether oxygens (including phenoxy) is 1. The van der Waals surface area contributed by atoms with E-state index in [2.05, 4.69) is 16.2 Å². The Kier molecular flexibility index (Phi) is 8.06. The van der Waals surface area contributed by atoms with Gasteiger partial charge in [0.1, 0.15) is 5.75 Å². The summed E-state index contributed by atoms with van der Waals surface area (Å²) in [4.78, 5) is 23.5. The summed E-state index contributed by atoms with van der Waals surface area (Å²) in [6.45, 7) is -0.307. The molecule has 3 N–H and O–H groups in total. The van der Waals surface area contributed by atoms with E-state index in [1.54, 1.807) is 18.2 Å². The van der Waals surface area contributed by atoms with E-state index in [1.165, 1.54) is 12.1 Å². The lowest BCUT2D eigenvalue weighted by Gasteiger charge is -2.11. The molecule has 0 atom stereocenters. The molecule has 9 heteroatoms. The molecule has 6 nitrogen and oxygen atoms in total. The lowest BCUT2D eigenvalue weighted by Crippen LogP contribution is -2.49. The van der Waals surface area contributed by atoms with Crippen LogP contribution in [0.4, 0.5) is 0 Å². The van der Waals surface area contributed by atoms with Crippen LogP contribution >= 0.6 is 35.4 Å². The Morgan fingerprint density at radius 3 is 2.52 bits per heavy atom. The second kappa shape index (κ2) is 10.5. The van der Waals surface area contributed by atoms with Crippen molar-refractivity contribution in [3.63, 3.8) is 0 Å². The molecule has 2 amide bonds. The molecule has 0 spiro atoms. The largest absolute Gasteiger partial charge is 0.482 e. The van der Waals surface area contributed by atoms with Gasteiger partial charge in [-0.3, -0.25) is 25.8 Å². The molecule has 2 aromatic carbocycles. The van der Waals surface area contributed by atoms with Crippen LogP contribution in [0.15, 0.2) is 54.6 Å². The Hall–Kier alpha value is -2.61. The van der Waals surface area contributed by atoms with E-state index in [0.29, 0.717) is 10.8 Å². The van der Waals surface area contributed by atoms with Gasteiger partial charge in [0.2, 0.25) is 5.91 Å². The molecule has 2 rings (SSSR count). The quantitative estimate of drug-likeness (QED) is 0.391. The van der Waals surface area contributed by atoms with Crippen LogP contribution in [-0.2, 0) is 9.59 Å². The third-order valence-corrected chi connectivity index (χ3v) is 3.77. The van der Waals surface area contributed by atoms with Gasteiger partial charge in [0.05, 0.1) is 5.02 Å². The van der Waals surface area contributed by atoms with Gasteiger partial charge in [-0.1, -0.05) is 53.5 Å². The van der Waals surface area contributed by atoms with E-state index < -0.39 is 11.8 Å². The Morgan fingerprint density at radius 1 is 1.07 bits per heavy atom. The average Bonchev–Trinajstić information content (AvgIpc) is 2.65. The first-order valence-electron chi connectivity index (χ1n) is 7.65. The fourth-order valence-electron chi connectivity index (χ4n) is 1.82. The number of benzene rings is 2. The zero-order valence-electron chi connectivity index (χ0n) is 13.9. The number of carbonyl (C=O) groups is 2. The monoisotopic (exact) mass is 423 g/mol. The van der Waals surface area contributed by atoms with Gasteiger partial charge in [0, 0.05) is 11.1 Å². The maximum atomic E-state index is 11.8. The molecule has 2 aromatic rings. The normalized spacial score (nSPS) is 10.3. The van der Waals surface area contributed by atoms with Crippen molar-refractivity contribution in [2.45, 2.75) is 0 Å². The molecule has 0 radical (unpaired) electrons. The Bertz CT molecular complexity index is 860. The Balaban J connectivity index is 1.70. The predicted molar refractivity (Wildman–Crippen MR) is 109 cm³/mol. The number of nitrogens with one attached hydrogen (secondary N) is 3. The van der Waals surface area contributed by atoms with E-state index >= 15 is 0 Å². The molecule has 27 heavy (non-hydrogen) atoms. The highest BCUT2D eigenvalue weighted by molar-refractivity contribution is 7.80. The van der Waals surface area contributed by atoms with E-state index in [-0.39, 0.29) is 16.7 Å². The van der Waals surface area contributed by atoms with Gasteiger partial charge in [-0.2, -0.15) is 0 Å². The summed E-state index contributed by atoms with van der Waals surface area (Å²) in [5, 5.41) is 3.09. The topological polar surface area (TPSA) is 79.5 Å². The first-order valence-corrected chi connectivity index (χ1v) is 8.81. The molecule has 0 fully saturated rings. The molecule has 140 valence electrons. The predicted octanol–water partition coefficient (Wildman–Crippen LogP) is 3.11. The summed E-state index contributed by atoms with van der Waals surface area (Å²) < 4.78 is 5.27. The van der Waals surface area contributed by atoms with Crippen molar-refractivity contribution in [1.82, 2.24) is 16.2 Å². The number of carbonyl (C=O) groups excluding carboxylic acids is 2. The minimum absolute atomic E-state index is 0.0596. The minimum Gasteiger partial charge on any atom is -0.482 e. The summed E-state index contributed by atoms with van der Waals surface area (Å²) in [6.07, 6.45) is 2.97. The Labute approximate surface area is 171 Å². The van der Waals surface area contributed by atoms with Crippen LogP contribution < -0.4 is 20.9 Å². The van der Waals surface area contributed by atoms with Crippen molar-refractivity contribution in [1.29, 1.82) is 0 Å². The summed E-state index contributed by atoms with van der Waals surface area (Å²) in [7, 11) is 0.